The summed E-state index contributed by atoms with van der Waals surface area (Å²) < 4.78 is 29.5. The third-order valence-electron chi connectivity index (χ3n) is 3.06. The predicted octanol–water partition coefficient (Wildman–Crippen LogP) is 5.61. The van der Waals surface area contributed by atoms with Gasteiger partial charge in [0.2, 0.25) is 0 Å². The molecule has 0 aromatic heterocycles. The molecule has 0 aliphatic carbocycles. The molecule has 0 N–H and O–H groups in total. The topological polar surface area (TPSA) is 44.8 Å². The van der Waals surface area contributed by atoms with Crippen LogP contribution in [0.3, 0.4) is 0 Å². The second kappa shape index (κ2) is 11.1. The van der Waals surface area contributed by atoms with Gasteiger partial charge in [-0.2, -0.15) is 0 Å². The van der Waals surface area contributed by atoms with Crippen LogP contribution in [-0.4, -0.2) is 19.4 Å². The van der Waals surface area contributed by atoms with Gasteiger partial charge in [-0.25, -0.2) is 4.57 Å². The quantitative estimate of drug-likeness (QED) is 0.266. The average Bonchev–Trinajstić information content (AvgIpc) is 2.54. The first-order valence-corrected chi connectivity index (χ1v) is 9.74. The van der Waals surface area contributed by atoms with E-state index < -0.39 is 7.60 Å². The second-order valence-corrected chi connectivity index (χ2v) is 7.14. The maximum atomic E-state index is 12.9. The molecule has 5 heteroatoms. The minimum atomic E-state index is -3.16. The van der Waals surface area contributed by atoms with Crippen molar-refractivity contribution in [3.8, 4) is 11.5 Å². The summed E-state index contributed by atoms with van der Waals surface area (Å²) in [5, 5.41) is 0. The maximum Gasteiger partial charge on any atom is 0.379 e. The van der Waals surface area contributed by atoms with Gasteiger partial charge in [-0.05, 0) is 56.9 Å². The molecule has 0 fully saturated rings. The van der Waals surface area contributed by atoms with Crippen LogP contribution in [0.4, 0.5) is 0 Å². The summed E-state index contributed by atoms with van der Waals surface area (Å²) in [7, 11) is -3.16. The van der Waals surface area contributed by atoms with E-state index in [1.165, 1.54) is 0 Å². The molecule has 4 nitrogen and oxygen atoms in total. The van der Waals surface area contributed by atoms with Crippen LogP contribution in [0.1, 0.15) is 32.6 Å². The molecule has 1 aromatic carbocycles. The van der Waals surface area contributed by atoms with Gasteiger partial charge < -0.3 is 9.26 Å². The fourth-order valence-electron chi connectivity index (χ4n) is 1.92. The van der Waals surface area contributed by atoms with Crippen molar-refractivity contribution in [2.24, 2.45) is 0 Å². The molecule has 0 saturated carbocycles. The molecule has 0 aliphatic heterocycles. The average molecular weight is 338 g/mol. The zero-order chi connectivity index (χ0) is 17.0. The lowest BCUT2D eigenvalue weighted by Crippen LogP contribution is -2.04. The van der Waals surface area contributed by atoms with Crippen molar-refractivity contribution < 1.29 is 18.3 Å². The van der Waals surface area contributed by atoms with Crippen molar-refractivity contribution in [2.45, 2.75) is 32.6 Å². The standard InChI is InChI=1S/C18H27O4P/c1-4-7-9-15-21-23(19,16-10-8-5-2)22-18-13-11-17(12-14-18)20-6-3/h4-5,11-14H,1-2,6-10,15-16H2,3H3. The highest BCUT2D eigenvalue weighted by molar-refractivity contribution is 7.54. The lowest BCUT2D eigenvalue weighted by atomic mass is 10.3. The van der Waals surface area contributed by atoms with Crippen molar-refractivity contribution in [1.29, 1.82) is 0 Å². The van der Waals surface area contributed by atoms with Gasteiger partial charge in [-0.3, -0.25) is 4.52 Å². The number of benzene rings is 1. The normalized spacial score (nSPS) is 13.1. The number of rotatable bonds is 13. The molecule has 128 valence electrons. The van der Waals surface area contributed by atoms with E-state index >= 15 is 0 Å². The third kappa shape index (κ3) is 8.06. The van der Waals surface area contributed by atoms with Gasteiger partial charge in [0.15, 0.2) is 0 Å². The highest BCUT2D eigenvalue weighted by atomic mass is 31.2. The van der Waals surface area contributed by atoms with Crippen LogP contribution in [0.2, 0.25) is 0 Å². The molecule has 0 bridgehead atoms. The van der Waals surface area contributed by atoms with Crippen LogP contribution in [0.5, 0.6) is 11.5 Å². The van der Waals surface area contributed by atoms with E-state index in [0.29, 0.717) is 25.1 Å². The summed E-state index contributed by atoms with van der Waals surface area (Å²) >= 11 is 0. The van der Waals surface area contributed by atoms with Crippen LogP contribution in [0.25, 0.3) is 0 Å². The van der Waals surface area contributed by atoms with E-state index in [-0.39, 0.29) is 0 Å². The third-order valence-corrected chi connectivity index (χ3v) is 4.99. The molecule has 0 amide bonds. The predicted molar refractivity (Wildman–Crippen MR) is 95.5 cm³/mol. The van der Waals surface area contributed by atoms with E-state index in [1.807, 2.05) is 13.0 Å². The van der Waals surface area contributed by atoms with Crippen molar-refractivity contribution in [1.82, 2.24) is 0 Å². The molecule has 0 spiro atoms. The first-order valence-electron chi connectivity index (χ1n) is 8.01. The molecule has 1 rings (SSSR count). The van der Waals surface area contributed by atoms with Gasteiger partial charge in [0.1, 0.15) is 11.5 Å². The smallest absolute Gasteiger partial charge is 0.379 e. The van der Waals surface area contributed by atoms with Crippen LogP contribution in [0, 0.1) is 0 Å². The zero-order valence-electron chi connectivity index (χ0n) is 13.9. The number of ether oxygens (including phenoxy) is 1. The fourth-order valence-corrected chi connectivity index (χ4v) is 3.61. The first kappa shape index (κ1) is 19.5. The summed E-state index contributed by atoms with van der Waals surface area (Å²) in [5.74, 6) is 1.28. The molecule has 0 saturated heterocycles. The number of hydrogen-bond donors (Lipinski definition) is 0. The largest absolute Gasteiger partial charge is 0.494 e. The van der Waals surface area contributed by atoms with Gasteiger partial charge in [-0.15, -0.1) is 13.2 Å². The Labute approximate surface area is 139 Å². The van der Waals surface area contributed by atoms with E-state index in [4.69, 9.17) is 13.8 Å². The van der Waals surface area contributed by atoms with Gasteiger partial charge in [0, 0.05) is 0 Å². The molecular weight excluding hydrogens is 311 g/mol. The first-order chi connectivity index (χ1) is 11.1. The number of allylic oxidation sites excluding steroid dienone is 2. The Morgan fingerprint density at radius 3 is 2.26 bits per heavy atom. The van der Waals surface area contributed by atoms with Crippen LogP contribution < -0.4 is 9.26 Å². The molecule has 1 atom stereocenters. The Hall–Kier alpha value is -1.51. The van der Waals surface area contributed by atoms with Crippen molar-refractivity contribution in [3.63, 3.8) is 0 Å². The Balaban J connectivity index is 2.67. The molecule has 0 heterocycles. The molecule has 0 aliphatic rings. The van der Waals surface area contributed by atoms with E-state index in [0.717, 1.165) is 31.4 Å². The van der Waals surface area contributed by atoms with E-state index in [1.54, 1.807) is 30.3 Å². The summed E-state index contributed by atoms with van der Waals surface area (Å²) in [6.07, 6.45) is 7.11. The van der Waals surface area contributed by atoms with E-state index in [2.05, 4.69) is 13.2 Å². The lowest BCUT2D eigenvalue weighted by molar-refractivity contribution is 0.261. The Morgan fingerprint density at radius 2 is 1.65 bits per heavy atom. The maximum absolute atomic E-state index is 12.9. The number of hydrogen-bond acceptors (Lipinski definition) is 4. The summed E-state index contributed by atoms with van der Waals surface area (Å²) in [6.45, 7) is 10.3. The minimum Gasteiger partial charge on any atom is -0.494 e. The van der Waals surface area contributed by atoms with Crippen LogP contribution in [0.15, 0.2) is 49.6 Å². The Morgan fingerprint density at radius 1 is 1.04 bits per heavy atom. The molecule has 1 unspecified atom stereocenters. The molecule has 0 radical (unpaired) electrons. The second-order valence-electron chi connectivity index (χ2n) is 5.03. The highest BCUT2D eigenvalue weighted by Crippen LogP contribution is 2.49. The lowest BCUT2D eigenvalue weighted by Gasteiger charge is -2.19. The number of unbranched alkanes of at least 4 members (excludes halogenated alkanes) is 2. The van der Waals surface area contributed by atoms with Crippen molar-refractivity contribution in [3.05, 3.63) is 49.6 Å². The summed E-state index contributed by atoms with van der Waals surface area (Å²) in [4.78, 5) is 0. The Kier molecular flexibility index (Phi) is 9.42. The van der Waals surface area contributed by atoms with Crippen LogP contribution >= 0.6 is 7.60 Å². The fraction of sp³-hybridized carbons (Fsp3) is 0.444. The zero-order valence-corrected chi connectivity index (χ0v) is 14.8. The molecule has 23 heavy (non-hydrogen) atoms. The molecule has 1 aromatic rings. The van der Waals surface area contributed by atoms with Crippen LogP contribution in [-0.2, 0) is 9.09 Å². The monoisotopic (exact) mass is 338 g/mol. The molecular formula is C18H27O4P. The minimum absolute atomic E-state index is 0.375. The van der Waals surface area contributed by atoms with Gasteiger partial charge in [0.25, 0.3) is 0 Å². The van der Waals surface area contributed by atoms with Crippen molar-refractivity contribution >= 4 is 7.60 Å². The van der Waals surface area contributed by atoms with Gasteiger partial charge >= 0.3 is 7.60 Å². The Bertz CT molecular complexity index is 510. The summed E-state index contributed by atoms with van der Waals surface area (Å²) in [5.41, 5.74) is 0. The summed E-state index contributed by atoms with van der Waals surface area (Å²) in [6, 6.07) is 7.09. The SMILES string of the molecule is C=CCCCOP(=O)(CCCC=C)Oc1ccc(OCC)cc1. The highest BCUT2D eigenvalue weighted by Gasteiger charge is 2.25. The van der Waals surface area contributed by atoms with Crippen molar-refractivity contribution in [2.75, 3.05) is 19.4 Å². The van der Waals surface area contributed by atoms with E-state index in [9.17, 15) is 4.57 Å². The van der Waals surface area contributed by atoms with Gasteiger partial charge in [-0.1, -0.05) is 12.2 Å². The van der Waals surface area contributed by atoms with Gasteiger partial charge in [0.05, 0.1) is 19.4 Å².